The normalized spacial score (nSPS) is 16.5. The third kappa shape index (κ3) is 3.18. The van der Waals surface area contributed by atoms with Crippen molar-refractivity contribution in [3.8, 4) is 0 Å². The fourth-order valence-corrected chi connectivity index (χ4v) is 2.86. The molecule has 7 nitrogen and oxygen atoms in total. The van der Waals surface area contributed by atoms with Crippen LogP contribution >= 0.6 is 23.2 Å². The molecular weight excluding hydrogens is 355 g/mol. The van der Waals surface area contributed by atoms with Gasteiger partial charge in [-0.3, -0.25) is 0 Å². The first-order chi connectivity index (χ1) is 11.5. The van der Waals surface area contributed by atoms with Gasteiger partial charge in [-0.05, 0) is 18.2 Å². The lowest BCUT2D eigenvalue weighted by Gasteiger charge is -2.33. The van der Waals surface area contributed by atoms with Gasteiger partial charge in [0, 0.05) is 12.1 Å². The van der Waals surface area contributed by atoms with Gasteiger partial charge in [0.25, 0.3) is 0 Å². The molecule has 126 valence electrons. The number of hydrogen-bond donors (Lipinski definition) is 2. The molecule has 0 fully saturated rings. The zero-order chi connectivity index (χ0) is 17.3. The number of nitrogens with zero attached hydrogens (tertiary/aromatic N) is 2. The summed E-state index contributed by atoms with van der Waals surface area (Å²) in [4.78, 5) is 33.2. The van der Waals surface area contributed by atoms with E-state index in [9.17, 15) is 9.59 Å². The third-order valence-electron chi connectivity index (χ3n) is 3.80. The van der Waals surface area contributed by atoms with E-state index in [2.05, 4.69) is 15.3 Å². The summed E-state index contributed by atoms with van der Waals surface area (Å²) in [5.41, 5.74) is 2.02. The third-order valence-corrected chi connectivity index (χ3v) is 4.54. The molecule has 9 heteroatoms. The van der Waals surface area contributed by atoms with Crippen molar-refractivity contribution in [3.63, 3.8) is 0 Å². The molecule has 1 aliphatic heterocycles. The van der Waals surface area contributed by atoms with Crippen LogP contribution in [0, 0.1) is 0 Å². The Morgan fingerprint density at radius 3 is 2.88 bits per heavy atom. The SMILES string of the molecule is COC(=O)C1Cc2nc[nH]c2CN1C(=O)Nc1ccc(Cl)c(Cl)c1. The molecule has 0 spiro atoms. The summed E-state index contributed by atoms with van der Waals surface area (Å²) in [7, 11) is 1.29. The molecule has 2 heterocycles. The van der Waals surface area contributed by atoms with Crippen molar-refractivity contribution >= 4 is 40.9 Å². The van der Waals surface area contributed by atoms with Crippen LogP contribution in [0.25, 0.3) is 0 Å². The quantitative estimate of drug-likeness (QED) is 0.797. The number of hydrogen-bond acceptors (Lipinski definition) is 4. The Morgan fingerprint density at radius 2 is 2.17 bits per heavy atom. The Hall–Kier alpha value is -2.25. The number of esters is 1. The van der Waals surface area contributed by atoms with Gasteiger partial charge in [0.2, 0.25) is 0 Å². The number of fused-ring (bicyclic) bond motifs is 1. The summed E-state index contributed by atoms with van der Waals surface area (Å²) in [6.45, 7) is 0.224. The van der Waals surface area contributed by atoms with Crippen LogP contribution in [0.1, 0.15) is 11.4 Å². The van der Waals surface area contributed by atoms with Crippen molar-refractivity contribution in [2.24, 2.45) is 0 Å². The number of aromatic amines is 1. The molecule has 1 aromatic carbocycles. The van der Waals surface area contributed by atoms with Crippen LogP contribution in [0.2, 0.25) is 10.0 Å². The van der Waals surface area contributed by atoms with Crippen molar-refractivity contribution in [1.82, 2.24) is 14.9 Å². The first kappa shape index (κ1) is 16.6. The predicted molar refractivity (Wildman–Crippen MR) is 89.1 cm³/mol. The van der Waals surface area contributed by atoms with Gasteiger partial charge in [0.1, 0.15) is 6.04 Å². The number of halogens is 2. The van der Waals surface area contributed by atoms with E-state index >= 15 is 0 Å². The molecule has 3 rings (SSSR count). The van der Waals surface area contributed by atoms with Crippen LogP contribution in [0.4, 0.5) is 10.5 Å². The zero-order valence-electron chi connectivity index (χ0n) is 12.7. The highest BCUT2D eigenvalue weighted by atomic mass is 35.5. The maximum atomic E-state index is 12.6. The molecule has 0 aliphatic carbocycles. The van der Waals surface area contributed by atoms with Crippen molar-refractivity contribution in [2.45, 2.75) is 19.0 Å². The largest absolute Gasteiger partial charge is 0.467 e. The molecule has 0 radical (unpaired) electrons. The number of anilines is 1. The number of methoxy groups -OCH3 is 1. The van der Waals surface area contributed by atoms with E-state index in [1.807, 2.05) is 0 Å². The number of nitrogens with one attached hydrogen (secondary N) is 2. The average Bonchev–Trinajstić information content (AvgIpc) is 3.03. The minimum Gasteiger partial charge on any atom is -0.467 e. The average molecular weight is 369 g/mol. The van der Waals surface area contributed by atoms with E-state index in [1.54, 1.807) is 24.5 Å². The highest BCUT2D eigenvalue weighted by Crippen LogP contribution is 2.26. The molecule has 0 saturated heterocycles. The second-order valence-electron chi connectivity index (χ2n) is 5.26. The Morgan fingerprint density at radius 1 is 1.38 bits per heavy atom. The van der Waals surface area contributed by atoms with Gasteiger partial charge in [0.05, 0.1) is 41.4 Å². The van der Waals surface area contributed by atoms with Crippen molar-refractivity contribution in [1.29, 1.82) is 0 Å². The highest BCUT2D eigenvalue weighted by Gasteiger charge is 2.36. The topological polar surface area (TPSA) is 87.3 Å². The molecule has 2 aromatic rings. The number of carbonyl (C=O) groups excluding carboxylic acids is 2. The smallest absolute Gasteiger partial charge is 0.329 e. The lowest BCUT2D eigenvalue weighted by atomic mass is 10.0. The number of ether oxygens (including phenoxy) is 1. The summed E-state index contributed by atoms with van der Waals surface area (Å²) in [6.07, 6.45) is 1.83. The minimum atomic E-state index is -0.742. The maximum absolute atomic E-state index is 12.6. The fraction of sp³-hybridized carbons (Fsp3) is 0.267. The van der Waals surface area contributed by atoms with Gasteiger partial charge >= 0.3 is 12.0 Å². The summed E-state index contributed by atoms with van der Waals surface area (Å²) in [6, 6.07) is 3.57. The van der Waals surface area contributed by atoms with Crippen molar-refractivity contribution in [3.05, 3.63) is 46.0 Å². The number of rotatable bonds is 2. The minimum absolute atomic E-state index is 0.224. The van der Waals surface area contributed by atoms with Crippen LogP contribution < -0.4 is 5.32 Å². The van der Waals surface area contributed by atoms with Gasteiger partial charge in [0.15, 0.2) is 0 Å². The lowest BCUT2D eigenvalue weighted by Crippen LogP contribution is -2.50. The first-order valence-corrected chi connectivity index (χ1v) is 7.87. The van der Waals surface area contributed by atoms with Crippen molar-refractivity contribution in [2.75, 3.05) is 12.4 Å². The van der Waals surface area contributed by atoms with E-state index in [0.717, 1.165) is 11.4 Å². The van der Waals surface area contributed by atoms with Gasteiger partial charge in [-0.15, -0.1) is 0 Å². The second kappa shape index (κ2) is 6.70. The summed E-state index contributed by atoms with van der Waals surface area (Å²) in [5, 5.41) is 3.43. The number of amides is 2. The number of imidazole rings is 1. The Kier molecular flexibility index (Phi) is 4.64. The molecule has 2 amide bonds. The maximum Gasteiger partial charge on any atom is 0.329 e. The van der Waals surface area contributed by atoms with Crippen LogP contribution in [-0.4, -0.2) is 40.0 Å². The molecule has 0 bridgehead atoms. The number of H-pyrrole nitrogens is 1. The Balaban J connectivity index is 1.83. The Labute approximate surface area is 147 Å². The monoisotopic (exact) mass is 368 g/mol. The standard InChI is InChI=1S/C15H14Cl2N4O3/c1-24-14(22)13-5-11-12(19-7-18-11)6-21(13)15(23)20-8-2-3-9(16)10(17)4-8/h2-4,7,13H,5-6H2,1H3,(H,18,19)(H,20,23). The molecule has 1 atom stereocenters. The van der Waals surface area contributed by atoms with Crippen LogP contribution in [0.15, 0.2) is 24.5 Å². The second-order valence-corrected chi connectivity index (χ2v) is 6.07. The lowest BCUT2D eigenvalue weighted by molar-refractivity contribution is -0.146. The molecule has 0 saturated carbocycles. The highest BCUT2D eigenvalue weighted by molar-refractivity contribution is 6.42. The predicted octanol–water partition coefficient (Wildman–Crippen LogP) is 2.85. The first-order valence-electron chi connectivity index (χ1n) is 7.11. The van der Waals surface area contributed by atoms with Crippen LogP contribution in [-0.2, 0) is 22.5 Å². The molecule has 2 N–H and O–H groups in total. The zero-order valence-corrected chi connectivity index (χ0v) is 14.2. The molecule has 24 heavy (non-hydrogen) atoms. The van der Waals surface area contributed by atoms with Gasteiger partial charge in [-0.1, -0.05) is 23.2 Å². The fourth-order valence-electron chi connectivity index (χ4n) is 2.57. The van der Waals surface area contributed by atoms with Gasteiger partial charge in [-0.2, -0.15) is 0 Å². The van der Waals surface area contributed by atoms with E-state index in [1.165, 1.54) is 12.0 Å². The summed E-state index contributed by atoms with van der Waals surface area (Å²) < 4.78 is 4.81. The van der Waals surface area contributed by atoms with E-state index < -0.39 is 18.0 Å². The van der Waals surface area contributed by atoms with E-state index in [0.29, 0.717) is 22.2 Å². The number of aromatic nitrogens is 2. The van der Waals surface area contributed by atoms with Crippen molar-refractivity contribution < 1.29 is 14.3 Å². The van der Waals surface area contributed by atoms with E-state index in [4.69, 9.17) is 27.9 Å². The van der Waals surface area contributed by atoms with Crippen LogP contribution in [0.5, 0.6) is 0 Å². The number of carbonyl (C=O) groups is 2. The molecule has 1 aliphatic rings. The molecule has 1 unspecified atom stereocenters. The number of benzene rings is 1. The van der Waals surface area contributed by atoms with Gasteiger partial charge in [-0.25, -0.2) is 14.6 Å². The summed E-state index contributed by atoms with van der Waals surface area (Å²) in [5.74, 6) is -0.493. The summed E-state index contributed by atoms with van der Waals surface area (Å²) >= 11 is 11.8. The Bertz CT molecular complexity index is 793. The number of urea groups is 1. The molecule has 1 aromatic heterocycles. The van der Waals surface area contributed by atoms with Crippen LogP contribution in [0.3, 0.4) is 0 Å². The molecular formula is C15H14Cl2N4O3. The van der Waals surface area contributed by atoms with E-state index in [-0.39, 0.29) is 6.54 Å². The van der Waals surface area contributed by atoms with Gasteiger partial charge < -0.3 is 19.9 Å².